The lowest BCUT2D eigenvalue weighted by molar-refractivity contribution is 0.0729. The summed E-state index contributed by atoms with van der Waals surface area (Å²) < 4.78 is 7.17. The number of hydrogen-bond donors (Lipinski definition) is 0. The topological polar surface area (TPSA) is 57.0 Å². The van der Waals surface area contributed by atoms with Crippen LogP contribution in [-0.4, -0.2) is 20.5 Å². The monoisotopic (exact) mass is 253 g/mol. The zero-order chi connectivity index (χ0) is 13.2. The molecular formula is C14H11N3O2. The van der Waals surface area contributed by atoms with Crippen LogP contribution in [0.25, 0.3) is 11.0 Å². The van der Waals surface area contributed by atoms with Crippen LogP contribution in [0.5, 0.6) is 5.75 Å². The molecule has 3 aromatic rings. The average molecular weight is 253 g/mol. The maximum absolute atomic E-state index is 11.8. The Morgan fingerprint density at radius 2 is 2.11 bits per heavy atom. The molecule has 94 valence electrons. The van der Waals surface area contributed by atoms with Crippen molar-refractivity contribution >= 4 is 17.0 Å². The normalized spacial score (nSPS) is 10.6. The number of carbonyl (C=O) groups excluding carboxylic acids is 1. The Labute approximate surface area is 109 Å². The van der Waals surface area contributed by atoms with Crippen molar-refractivity contribution in [1.82, 2.24) is 14.5 Å². The lowest BCUT2D eigenvalue weighted by atomic mass is 10.3. The summed E-state index contributed by atoms with van der Waals surface area (Å²) in [6.45, 7) is 0. The molecule has 0 N–H and O–H groups in total. The van der Waals surface area contributed by atoms with Gasteiger partial charge in [-0.2, -0.15) is 0 Å². The van der Waals surface area contributed by atoms with Gasteiger partial charge in [-0.15, -0.1) is 0 Å². The first kappa shape index (κ1) is 11.4. The molecular weight excluding hydrogens is 242 g/mol. The summed E-state index contributed by atoms with van der Waals surface area (Å²) >= 11 is 0. The molecule has 0 amide bonds. The molecule has 0 spiro atoms. The van der Waals surface area contributed by atoms with Crippen molar-refractivity contribution in [2.75, 3.05) is 0 Å². The number of benzene rings is 1. The summed E-state index contributed by atoms with van der Waals surface area (Å²) in [7, 11) is 1.91. The number of imidazole rings is 1. The number of nitrogens with zero attached hydrogens (tertiary/aromatic N) is 3. The molecule has 5 nitrogen and oxygen atoms in total. The van der Waals surface area contributed by atoms with Crippen LogP contribution in [0.4, 0.5) is 0 Å². The van der Waals surface area contributed by atoms with Crippen molar-refractivity contribution in [3.63, 3.8) is 0 Å². The lowest BCUT2D eigenvalue weighted by Crippen LogP contribution is -2.10. The van der Waals surface area contributed by atoms with Crippen LogP contribution in [0.3, 0.4) is 0 Å². The number of hydrogen-bond acceptors (Lipinski definition) is 4. The number of fused-ring (bicyclic) bond motifs is 1. The molecule has 0 aliphatic rings. The van der Waals surface area contributed by atoms with E-state index in [1.165, 1.54) is 0 Å². The van der Waals surface area contributed by atoms with Crippen molar-refractivity contribution in [2.24, 2.45) is 7.05 Å². The molecule has 5 heteroatoms. The Balaban J connectivity index is 1.87. The van der Waals surface area contributed by atoms with Crippen LogP contribution in [0.15, 0.2) is 48.9 Å². The van der Waals surface area contributed by atoms with Gasteiger partial charge in [0.05, 0.1) is 17.4 Å². The van der Waals surface area contributed by atoms with Gasteiger partial charge in [-0.05, 0) is 24.3 Å². The minimum Gasteiger partial charge on any atom is -0.422 e. The van der Waals surface area contributed by atoms with Gasteiger partial charge < -0.3 is 9.30 Å². The van der Waals surface area contributed by atoms with Gasteiger partial charge in [0.15, 0.2) is 0 Å². The number of aromatic nitrogens is 3. The third kappa shape index (κ3) is 2.18. The smallest absolute Gasteiger partial charge is 0.362 e. The third-order valence-corrected chi connectivity index (χ3v) is 2.78. The van der Waals surface area contributed by atoms with Crippen molar-refractivity contribution in [3.8, 4) is 5.75 Å². The number of aryl methyl sites for hydroxylation is 1. The van der Waals surface area contributed by atoms with E-state index in [0.717, 1.165) is 11.0 Å². The highest BCUT2D eigenvalue weighted by molar-refractivity contribution is 5.89. The van der Waals surface area contributed by atoms with Crippen molar-refractivity contribution < 1.29 is 9.53 Å². The van der Waals surface area contributed by atoms with Gasteiger partial charge in [-0.25, -0.2) is 14.8 Å². The molecule has 0 aliphatic heterocycles. The zero-order valence-electron chi connectivity index (χ0n) is 10.3. The maximum Gasteiger partial charge on any atom is 0.362 e. The predicted molar refractivity (Wildman–Crippen MR) is 69.9 cm³/mol. The highest BCUT2D eigenvalue weighted by Crippen LogP contribution is 2.19. The summed E-state index contributed by atoms with van der Waals surface area (Å²) in [5.41, 5.74) is 2.05. The highest BCUT2D eigenvalue weighted by atomic mass is 16.5. The molecule has 0 aliphatic carbocycles. The molecule has 0 radical (unpaired) electrons. The van der Waals surface area contributed by atoms with Crippen LogP contribution in [0, 0.1) is 0 Å². The summed E-state index contributed by atoms with van der Waals surface area (Å²) in [5.74, 6) is -0.0160. The van der Waals surface area contributed by atoms with Gasteiger partial charge in [0.25, 0.3) is 0 Å². The summed E-state index contributed by atoms with van der Waals surface area (Å²) in [6.07, 6.45) is 3.27. The average Bonchev–Trinajstić information content (AvgIpc) is 2.81. The molecule has 0 saturated heterocycles. The van der Waals surface area contributed by atoms with Crippen LogP contribution in [0.1, 0.15) is 10.5 Å². The van der Waals surface area contributed by atoms with Crippen LogP contribution < -0.4 is 4.74 Å². The van der Waals surface area contributed by atoms with Crippen LogP contribution >= 0.6 is 0 Å². The number of carbonyl (C=O) groups is 1. The SMILES string of the molecule is Cn1cnc2cc(OC(=O)c3ccccn3)ccc21. The minimum atomic E-state index is -0.476. The molecule has 3 rings (SSSR count). The van der Waals surface area contributed by atoms with Crippen molar-refractivity contribution in [2.45, 2.75) is 0 Å². The quantitative estimate of drug-likeness (QED) is 0.519. The number of ether oxygens (including phenoxy) is 1. The fraction of sp³-hybridized carbons (Fsp3) is 0.0714. The molecule has 1 aromatic carbocycles. The number of esters is 1. The minimum absolute atomic E-state index is 0.281. The fourth-order valence-electron chi connectivity index (χ4n) is 1.82. The van der Waals surface area contributed by atoms with Crippen molar-refractivity contribution in [3.05, 3.63) is 54.6 Å². The lowest BCUT2D eigenvalue weighted by Gasteiger charge is -2.03. The highest BCUT2D eigenvalue weighted by Gasteiger charge is 2.10. The molecule has 0 fully saturated rings. The Morgan fingerprint density at radius 3 is 2.89 bits per heavy atom. The molecule has 2 heterocycles. The Morgan fingerprint density at radius 1 is 1.21 bits per heavy atom. The molecule has 0 atom stereocenters. The maximum atomic E-state index is 11.8. The largest absolute Gasteiger partial charge is 0.422 e. The summed E-state index contributed by atoms with van der Waals surface area (Å²) in [5, 5.41) is 0. The molecule has 0 saturated carbocycles. The van der Waals surface area contributed by atoms with Gasteiger partial charge in [0, 0.05) is 19.3 Å². The van der Waals surface area contributed by atoms with E-state index in [1.807, 2.05) is 17.7 Å². The standard InChI is InChI=1S/C14H11N3O2/c1-17-9-16-12-8-10(5-6-13(12)17)19-14(18)11-4-2-3-7-15-11/h2-9H,1H3. The second kappa shape index (κ2) is 4.53. The summed E-state index contributed by atoms with van der Waals surface area (Å²) in [4.78, 5) is 20.0. The molecule has 19 heavy (non-hydrogen) atoms. The second-order valence-corrected chi connectivity index (χ2v) is 4.11. The zero-order valence-corrected chi connectivity index (χ0v) is 10.3. The van der Waals surface area contributed by atoms with E-state index < -0.39 is 5.97 Å². The molecule has 2 aromatic heterocycles. The first-order chi connectivity index (χ1) is 9.24. The van der Waals surface area contributed by atoms with E-state index in [0.29, 0.717) is 5.75 Å². The van der Waals surface area contributed by atoms with E-state index in [4.69, 9.17) is 4.74 Å². The van der Waals surface area contributed by atoms with Gasteiger partial charge in [-0.1, -0.05) is 6.07 Å². The first-order valence-electron chi connectivity index (χ1n) is 5.78. The van der Waals surface area contributed by atoms with Crippen LogP contribution in [-0.2, 0) is 7.05 Å². The van der Waals surface area contributed by atoms with Gasteiger partial charge in [-0.3, -0.25) is 0 Å². The van der Waals surface area contributed by atoms with E-state index >= 15 is 0 Å². The first-order valence-corrected chi connectivity index (χ1v) is 5.78. The summed E-state index contributed by atoms with van der Waals surface area (Å²) in [6, 6.07) is 10.4. The van der Waals surface area contributed by atoms with E-state index in [1.54, 1.807) is 42.9 Å². The Hall–Kier alpha value is -2.69. The second-order valence-electron chi connectivity index (χ2n) is 4.11. The molecule has 0 bridgehead atoms. The third-order valence-electron chi connectivity index (χ3n) is 2.78. The van der Waals surface area contributed by atoms with E-state index in [-0.39, 0.29) is 5.69 Å². The van der Waals surface area contributed by atoms with Gasteiger partial charge in [0.1, 0.15) is 11.4 Å². The van der Waals surface area contributed by atoms with Crippen molar-refractivity contribution in [1.29, 1.82) is 0 Å². The number of pyridine rings is 1. The van der Waals surface area contributed by atoms with Crippen LogP contribution in [0.2, 0.25) is 0 Å². The van der Waals surface area contributed by atoms with Gasteiger partial charge in [0.2, 0.25) is 0 Å². The van der Waals surface area contributed by atoms with E-state index in [9.17, 15) is 4.79 Å². The Bertz CT molecular complexity index is 735. The Kier molecular flexibility index (Phi) is 2.72. The number of rotatable bonds is 2. The predicted octanol–water partition coefficient (Wildman–Crippen LogP) is 2.19. The fourth-order valence-corrected chi connectivity index (χ4v) is 1.82. The van der Waals surface area contributed by atoms with E-state index in [2.05, 4.69) is 9.97 Å². The molecule has 0 unspecified atom stereocenters. The van der Waals surface area contributed by atoms with Gasteiger partial charge >= 0.3 is 5.97 Å².